The third-order valence-corrected chi connectivity index (χ3v) is 10.1. The summed E-state index contributed by atoms with van der Waals surface area (Å²) in [5.41, 5.74) is 0. The Kier molecular flexibility index (Phi) is 47.1. The second-order valence-electron chi connectivity index (χ2n) is 15.8. The quantitative estimate of drug-likeness (QED) is 0.0376. The molecular formula is C55H90O5. The van der Waals surface area contributed by atoms with E-state index < -0.39 is 6.10 Å². The maximum Gasteiger partial charge on any atom is 0.306 e. The van der Waals surface area contributed by atoms with Crippen LogP contribution in [0.3, 0.4) is 0 Å². The van der Waals surface area contributed by atoms with Gasteiger partial charge in [0, 0.05) is 12.8 Å². The van der Waals surface area contributed by atoms with Crippen LogP contribution in [0.5, 0.6) is 0 Å². The summed E-state index contributed by atoms with van der Waals surface area (Å²) in [6, 6.07) is 0. The van der Waals surface area contributed by atoms with Crippen molar-refractivity contribution in [3.05, 3.63) is 109 Å². The monoisotopic (exact) mass is 831 g/mol. The highest BCUT2D eigenvalue weighted by Gasteiger charge is 2.16. The van der Waals surface area contributed by atoms with Gasteiger partial charge in [-0.3, -0.25) is 9.59 Å². The molecule has 1 atom stereocenters. The van der Waals surface area contributed by atoms with Crippen LogP contribution in [-0.2, 0) is 19.1 Å². The molecular weight excluding hydrogens is 741 g/mol. The first-order valence-corrected chi connectivity index (χ1v) is 24.4. The van der Waals surface area contributed by atoms with Crippen molar-refractivity contribution in [2.45, 2.75) is 213 Å². The van der Waals surface area contributed by atoms with Crippen LogP contribution in [0.25, 0.3) is 0 Å². The van der Waals surface area contributed by atoms with E-state index in [4.69, 9.17) is 9.47 Å². The predicted molar refractivity (Wildman–Crippen MR) is 260 cm³/mol. The van der Waals surface area contributed by atoms with Crippen molar-refractivity contribution in [3.8, 4) is 0 Å². The van der Waals surface area contributed by atoms with Crippen LogP contribution in [0.4, 0.5) is 0 Å². The minimum Gasteiger partial charge on any atom is -0.462 e. The predicted octanol–water partition coefficient (Wildman–Crippen LogP) is 16.2. The Balaban J connectivity index is 3.58. The first kappa shape index (κ1) is 56.6. The second-order valence-corrected chi connectivity index (χ2v) is 15.8. The van der Waals surface area contributed by atoms with Crippen LogP contribution in [0, 0.1) is 0 Å². The van der Waals surface area contributed by atoms with Crippen LogP contribution in [0.15, 0.2) is 109 Å². The molecule has 0 aromatic rings. The van der Waals surface area contributed by atoms with Crippen LogP contribution < -0.4 is 0 Å². The van der Waals surface area contributed by atoms with E-state index in [-0.39, 0.29) is 25.2 Å². The molecule has 5 nitrogen and oxygen atoms in total. The molecule has 1 unspecified atom stereocenters. The zero-order chi connectivity index (χ0) is 43.5. The van der Waals surface area contributed by atoms with Gasteiger partial charge in [-0.15, -0.1) is 0 Å². The lowest BCUT2D eigenvalue weighted by Crippen LogP contribution is -2.28. The lowest BCUT2D eigenvalue weighted by molar-refractivity contribution is -0.161. The van der Waals surface area contributed by atoms with E-state index in [1.807, 2.05) is 0 Å². The van der Waals surface area contributed by atoms with E-state index in [1.165, 1.54) is 77.0 Å². The molecule has 0 aliphatic rings. The topological polar surface area (TPSA) is 72.8 Å². The Labute approximate surface area is 370 Å². The summed E-state index contributed by atoms with van der Waals surface area (Å²) < 4.78 is 10.7. The van der Waals surface area contributed by atoms with E-state index in [0.29, 0.717) is 12.8 Å². The number of aliphatic hydroxyl groups is 1. The van der Waals surface area contributed by atoms with Gasteiger partial charge in [-0.2, -0.15) is 0 Å². The molecule has 0 bridgehead atoms. The molecule has 0 spiro atoms. The molecule has 5 heteroatoms. The van der Waals surface area contributed by atoms with Gasteiger partial charge in [-0.1, -0.05) is 207 Å². The number of hydrogen-bond acceptors (Lipinski definition) is 5. The Morgan fingerprint density at radius 1 is 0.383 bits per heavy atom. The maximum atomic E-state index is 12.3. The summed E-state index contributed by atoms with van der Waals surface area (Å²) in [6.07, 6.45) is 71.7. The van der Waals surface area contributed by atoms with Crippen LogP contribution in [0.2, 0.25) is 0 Å². The number of ether oxygens (including phenoxy) is 2. The molecule has 340 valence electrons. The number of carbonyl (C=O) groups is 2. The van der Waals surface area contributed by atoms with Gasteiger partial charge in [0.1, 0.15) is 6.61 Å². The van der Waals surface area contributed by atoms with Gasteiger partial charge in [0.15, 0.2) is 6.10 Å². The average molecular weight is 831 g/mol. The molecule has 1 N–H and O–H groups in total. The zero-order valence-corrected chi connectivity index (χ0v) is 38.7. The maximum absolute atomic E-state index is 12.3. The first-order chi connectivity index (χ1) is 29.6. The number of aliphatic hydroxyl groups excluding tert-OH is 1. The number of hydrogen-bond donors (Lipinski definition) is 1. The van der Waals surface area contributed by atoms with Crippen molar-refractivity contribution in [1.29, 1.82) is 0 Å². The summed E-state index contributed by atoms with van der Waals surface area (Å²) >= 11 is 0. The fraction of sp³-hybridized carbons (Fsp3) is 0.636. The smallest absolute Gasteiger partial charge is 0.306 e. The second kappa shape index (κ2) is 49.9. The van der Waals surface area contributed by atoms with Crippen molar-refractivity contribution in [1.82, 2.24) is 0 Å². The Bertz CT molecular complexity index is 1210. The number of rotatable bonds is 43. The number of allylic oxidation sites excluding steroid dienone is 18. The van der Waals surface area contributed by atoms with E-state index in [2.05, 4.69) is 123 Å². The molecule has 0 saturated heterocycles. The molecule has 0 aliphatic heterocycles. The molecule has 0 fully saturated rings. The normalized spacial score (nSPS) is 13.2. The third-order valence-electron chi connectivity index (χ3n) is 10.1. The fourth-order valence-corrected chi connectivity index (χ4v) is 6.45. The Hall–Kier alpha value is -3.44. The minimum atomic E-state index is -0.787. The Morgan fingerprint density at radius 3 is 1.00 bits per heavy atom. The standard InChI is InChI=1S/C55H90O5/c1-3-5-7-9-11-13-15-17-19-21-23-25-26-27-28-30-32-34-36-38-40-42-44-46-48-50-55(58)60-53(51-56)52-59-54(57)49-47-45-43-41-39-37-35-33-31-29-24-22-20-18-16-14-12-10-8-6-4-2/h5-8,11-14,17-20,23-25,27-29,53,56H,3-4,9-10,15-16,21-22,26,30-52H2,1-2H3/b7-5-,8-6-,13-11-,14-12-,19-17-,20-18-,25-23-,28-27-,29-24-. The zero-order valence-electron chi connectivity index (χ0n) is 38.7. The molecule has 0 aromatic carbocycles. The average Bonchev–Trinajstić information content (AvgIpc) is 3.25. The molecule has 0 radical (unpaired) electrons. The van der Waals surface area contributed by atoms with Gasteiger partial charge in [0.2, 0.25) is 0 Å². The summed E-state index contributed by atoms with van der Waals surface area (Å²) in [6.45, 7) is 3.90. The van der Waals surface area contributed by atoms with Gasteiger partial charge in [0.05, 0.1) is 6.61 Å². The molecule has 0 aliphatic carbocycles. The van der Waals surface area contributed by atoms with Crippen molar-refractivity contribution < 1.29 is 24.2 Å². The lowest BCUT2D eigenvalue weighted by Gasteiger charge is -2.15. The van der Waals surface area contributed by atoms with Crippen molar-refractivity contribution in [3.63, 3.8) is 0 Å². The highest BCUT2D eigenvalue weighted by molar-refractivity contribution is 5.70. The molecule has 0 amide bonds. The lowest BCUT2D eigenvalue weighted by atomic mass is 10.1. The van der Waals surface area contributed by atoms with Gasteiger partial charge >= 0.3 is 11.9 Å². The molecule has 0 saturated carbocycles. The van der Waals surface area contributed by atoms with E-state index in [0.717, 1.165) is 103 Å². The summed E-state index contributed by atoms with van der Waals surface area (Å²) in [5.74, 6) is -0.613. The number of esters is 2. The van der Waals surface area contributed by atoms with E-state index in [1.54, 1.807) is 0 Å². The van der Waals surface area contributed by atoms with Crippen molar-refractivity contribution in [2.75, 3.05) is 13.2 Å². The van der Waals surface area contributed by atoms with E-state index >= 15 is 0 Å². The molecule has 0 rings (SSSR count). The summed E-state index contributed by atoms with van der Waals surface area (Å²) in [7, 11) is 0. The van der Waals surface area contributed by atoms with Gasteiger partial charge in [-0.05, 0) is 96.3 Å². The number of unbranched alkanes of at least 4 members (excludes halogenated alkanes) is 17. The van der Waals surface area contributed by atoms with Crippen LogP contribution in [0.1, 0.15) is 206 Å². The molecule has 0 aromatic heterocycles. The minimum absolute atomic E-state index is 0.0791. The first-order valence-electron chi connectivity index (χ1n) is 24.4. The SMILES string of the molecule is CC/C=C\C/C=C\C/C=C\C/C=C\C/C=C\CCCCCCCCCCCC(=O)OC(CO)COC(=O)CCCCCCCCCC/C=C\C/C=C\C/C=C\C/C=C\CC. The Morgan fingerprint density at radius 2 is 0.667 bits per heavy atom. The van der Waals surface area contributed by atoms with Crippen LogP contribution in [-0.4, -0.2) is 36.4 Å². The third kappa shape index (κ3) is 47.2. The van der Waals surface area contributed by atoms with Crippen molar-refractivity contribution in [2.24, 2.45) is 0 Å². The van der Waals surface area contributed by atoms with Gasteiger partial charge in [0.25, 0.3) is 0 Å². The summed E-state index contributed by atoms with van der Waals surface area (Å²) in [5, 5.41) is 9.62. The molecule has 0 heterocycles. The van der Waals surface area contributed by atoms with E-state index in [9.17, 15) is 14.7 Å². The summed E-state index contributed by atoms with van der Waals surface area (Å²) in [4.78, 5) is 24.4. The van der Waals surface area contributed by atoms with Gasteiger partial charge in [-0.25, -0.2) is 0 Å². The highest BCUT2D eigenvalue weighted by atomic mass is 16.6. The fourth-order valence-electron chi connectivity index (χ4n) is 6.45. The van der Waals surface area contributed by atoms with Crippen LogP contribution >= 0.6 is 0 Å². The highest BCUT2D eigenvalue weighted by Crippen LogP contribution is 2.14. The number of carbonyl (C=O) groups excluding carboxylic acids is 2. The largest absolute Gasteiger partial charge is 0.462 e. The van der Waals surface area contributed by atoms with Gasteiger partial charge < -0.3 is 14.6 Å². The molecule has 60 heavy (non-hydrogen) atoms. The van der Waals surface area contributed by atoms with Crippen molar-refractivity contribution >= 4 is 11.9 Å².